The number of hydrogen-bond donors (Lipinski definition) is 0. The molecular formula is C17H11O2P. The Balaban J connectivity index is 2.26. The maximum Gasteiger partial charge on any atom is 0.350 e. The van der Waals surface area contributed by atoms with Gasteiger partial charge in [0, 0.05) is 16.8 Å². The van der Waals surface area contributed by atoms with E-state index >= 15 is 0 Å². The summed E-state index contributed by atoms with van der Waals surface area (Å²) in [7, 11) is -3.23. The fourth-order valence-electron chi connectivity index (χ4n) is 2.16. The van der Waals surface area contributed by atoms with E-state index in [2.05, 4.69) is 23.4 Å². The van der Waals surface area contributed by atoms with Gasteiger partial charge in [-0.1, -0.05) is 42.3 Å². The third kappa shape index (κ3) is 2.01. The molecule has 0 N–H and O–H groups in total. The van der Waals surface area contributed by atoms with Crippen LogP contribution in [-0.2, 0) is 4.57 Å². The van der Waals surface area contributed by atoms with E-state index in [1.807, 2.05) is 42.5 Å². The van der Waals surface area contributed by atoms with Crippen LogP contribution in [0.3, 0.4) is 0 Å². The molecule has 1 aliphatic heterocycles. The molecule has 1 unspecified atom stereocenters. The second kappa shape index (κ2) is 4.93. The predicted octanol–water partition coefficient (Wildman–Crippen LogP) is 3.63. The van der Waals surface area contributed by atoms with Gasteiger partial charge in [0.05, 0.1) is 5.30 Å². The van der Waals surface area contributed by atoms with Crippen LogP contribution in [0.1, 0.15) is 6.92 Å². The zero-order valence-electron chi connectivity index (χ0n) is 10.9. The SMILES string of the molecule is CC#CC#CP1(=O)Oc2ccccc2-c2ccccc21. The van der Waals surface area contributed by atoms with Gasteiger partial charge in [-0.25, -0.2) is 0 Å². The van der Waals surface area contributed by atoms with Crippen molar-refractivity contribution in [2.24, 2.45) is 0 Å². The van der Waals surface area contributed by atoms with Crippen LogP contribution in [0.2, 0.25) is 0 Å². The Kier molecular flexibility index (Phi) is 3.11. The average Bonchev–Trinajstić information content (AvgIpc) is 2.48. The Labute approximate surface area is 118 Å². The van der Waals surface area contributed by atoms with Crippen molar-refractivity contribution in [2.45, 2.75) is 6.92 Å². The summed E-state index contributed by atoms with van der Waals surface area (Å²) >= 11 is 0. The van der Waals surface area contributed by atoms with Crippen molar-refractivity contribution < 1.29 is 9.09 Å². The van der Waals surface area contributed by atoms with Crippen LogP contribution in [-0.4, -0.2) is 0 Å². The molecule has 3 heteroatoms. The Hall–Kier alpha value is -2.41. The highest BCUT2D eigenvalue weighted by atomic mass is 31.2. The van der Waals surface area contributed by atoms with Crippen molar-refractivity contribution in [2.75, 3.05) is 0 Å². The van der Waals surface area contributed by atoms with E-state index in [1.165, 1.54) is 0 Å². The molecule has 2 aromatic carbocycles. The van der Waals surface area contributed by atoms with Crippen LogP contribution >= 0.6 is 7.37 Å². The van der Waals surface area contributed by atoms with Crippen LogP contribution in [0.25, 0.3) is 11.1 Å². The minimum Gasteiger partial charge on any atom is -0.431 e. The molecule has 1 heterocycles. The molecule has 0 bridgehead atoms. The zero-order valence-corrected chi connectivity index (χ0v) is 11.8. The van der Waals surface area contributed by atoms with E-state index in [9.17, 15) is 4.57 Å². The van der Waals surface area contributed by atoms with Gasteiger partial charge in [0.15, 0.2) is 0 Å². The lowest BCUT2D eigenvalue weighted by molar-refractivity contribution is 0.502. The molecule has 20 heavy (non-hydrogen) atoms. The molecule has 0 saturated heterocycles. The van der Waals surface area contributed by atoms with E-state index in [1.54, 1.807) is 13.0 Å². The quantitative estimate of drug-likeness (QED) is 0.543. The summed E-state index contributed by atoms with van der Waals surface area (Å²) in [5.41, 5.74) is 4.56. The second-order valence-corrected chi connectivity index (χ2v) is 6.26. The lowest BCUT2D eigenvalue weighted by atomic mass is 10.0. The minimum atomic E-state index is -3.23. The van der Waals surface area contributed by atoms with Gasteiger partial charge < -0.3 is 4.52 Å². The molecule has 96 valence electrons. The van der Waals surface area contributed by atoms with Gasteiger partial charge in [0.25, 0.3) is 0 Å². The number of benzene rings is 2. The summed E-state index contributed by atoms with van der Waals surface area (Å²) in [6.45, 7) is 1.69. The average molecular weight is 278 g/mol. The standard InChI is InChI=1S/C17H11O2P/c1-2-3-8-13-20(18)17-12-7-5-10-15(17)14-9-4-6-11-16(14)19-20/h4-7,9-12H,1H3. The Morgan fingerprint density at radius 1 is 0.950 bits per heavy atom. The third-order valence-electron chi connectivity index (χ3n) is 3.02. The van der Waals surface area contributed by atoms with Crippen molar-refractivity contribution in [3.05, 3.63) is 48.5 Å². The number of rotatable bonds is 0. The highest BCUT2D eigenvalue weighted by Crippen LogP contribution is 2.53. The van der Waals surface area contributed by atoms with Gasteiger partial charge in [-0.3, -0.25) is 4.57 Å². The molecule has 0 fully saturated rings. The van der Waals surface area contributed by atoms with E-state index in [-0.39, 0.29) is 0 Å². The van der Waals surface area contributed by atoms with Crippen LogP contribution in [0.4, 0.5) is 0 Å². The lowest BCUT2D eigenvalue weighted by Gasteiger charge is -2.24. The van der Waals surface area contributed by atoms with E-state index in [4.69, 9.17) is 4.52 Å². The second-order valence-electron chi connectivity index (χ2n) is 4.27. The zero-order chi connectivity index (χ0) is 14.0. The number of fused-ring (bicyclic) bond motifs is 3. The molecule has 1 aliphatic rings. The Morgan fingerprint density at radius 2 is 1.65 bits per heavy atom. The van der Waals surface area contributed by atoms with Crippen molar-refractivity contribution in [1.82, 2.24) is 0 Å². The molecule has 0 amide bonds. The molecule has 0 aromatic heterocycles. The highest BCUT2D eigenvalue weighted by Gasteiger charge is 2.34. The van der Waals surface area contributed by atoms with Crippen LogP contribution in [0.5, 0.6) is 5.75 Å². The Morgan fingerprint density at radius 3 is 2.45 bits per heavy atom. The fraction of sp³-hybridized carbons (Fsp3) is 0.0588. The largest absolute Gasteiger partial charge is 0.431 e. The minimum absolute atomic E-state index is 0.605. The molecule has 0 aliphatic carbocycles. The summed E-state index contributed by atoms with van der Waals surface area (Å²) in [6.07, 6.45) is 0. The first-order valence-corrected chi connectivity index (χ1v) is 7.80. The van der Waals surface area contributed by atoms with E-state index < -0.39 is 7.37 Å². The normalized spacial score (nSPS) is 18.2. The van der Waals surface area contributed by atoms with Crippen LogP contribution < -0.4 is 9.83 Å². The molecule has 1 atom stereocenters. The van der Waals surface area contributed by atoms with E-state index in [0.717, 1.165) is 11.1 Å². The molecule has 0 spiro atoms. The third-order valence-corrected chi connectivity index (χ3v) is 4.90. The maximum atomic E-state index is 13.0. The summed E-state index contributed by atoms with van der Waals surface area (Å²) in [5.74, 6) is 8.50. The van der Waals surface area contributed by atoms with E-state index in [0.29, 0.717) is 11.1 Å². The first-order chi connectivity index (χ1) is 9.74. The summed E-state index contributed by atoms with van der Waals surface area (Å²) in [6, 6.07) is 15.1. The first kappa shape index (κ1) is 12.6. The van der Waals surface area contributed by atoms with Gasteiger partial charge in [0.2, 0.25) is 0 Å². The molecule has 0 radical (unpaired) electrons. The highest BCUT2D eigenvalue weighted by molar-refractivity contribution is 7.72. The maximum absolute atomic E-state index is 13.0. The van der Waals surface area contributed by atoms with Crippen molar-refractivity contribution in [3.63, 3.8) is 0 Å². The van der Waals surface area contributed by atoms with Crippen LogP contribution in [0, 0.1) is 23.4 Å². The smallest absolute Gasteiger partial charge is 0.350 e. The molecule has 3 rings (SSSR count). The molecule has 0 saturated carbocycles. The molecular weight excluding hydrogens is 267 g/mol. The summed E-state index contributed by atoms with van der Waals surface area (Å²) in [4.78, 5) is 0. The Bertz CT molecular complexity index is 844. The van der Waals surface area contributed by atoms with Crippen molar-refractivity contribution >= 4 is 12.7 Å². The van der Waals surface area contributed by atoms with Gasteiger partial charge in [-0.2, -0.15) is 0 Å². The van der Waals surface area contributed by atoms with Gasteiger partial charge >= 0.3 is 7.37 Å². The topological polar surface area (TPSA) is 26.3 Å². The fourth-order valence-corrected chi connectivity index (χ4v) is 3.86. The predicted molar refractivity (Wildman–Crippen MR) is 81.0 cm³/mol. The summed E-state index contributed by atoms with van der Waals surface area (Å²) in [5, 5.41) is 0.643. The lowest BCUT2D eigenvalue weighted by Crippen LogP contribution is -2.16. The van der Waals surface area contributed by atoms with Crippen molar-refractivity contribution in [1.29, 1.82) is 0 Å². The number of hydrogen-bond acceptors (Lipinski definition) is 2. The first-order valence-electron chi connectivity index (χ1n) is 6.17. The van der Waals surface area contributed by atoms with Gasteiger partial charge in [-0.15, -0.1) is 0 Å². The van der Waals surface area contributed by atoms with Gasteiger partial charge in [0.1, 0.15) is 5.75 Å². The van der Waals surface area contributed by atoms with Crippen LogP contribution in [0.15, 0.2) is 48.5 Å². The van der Waals surface area contributed by atoms with Gasteiger partial charge in [-0.05, 0) is 30.9 Å². The summed E-state index contributed by atoms with van der Waals surface area (Å²) < 4.78 is 18.7. The molecule has 2 nitrogen and oxygen atoms in total. The number of para-hydroxylation sites is 1. The monoisotopic (exact) mass is 278 g/mol. The van der Waals surface area contributed by atoms with Crippen molar-refractivity contribution in [3.8, 4) is 40.3 Å². The molecule has 2 aromatic rings.